The molecule has 1 atom stereocenters. The van der Waals surface area contributed by atoms with E-state index < -0.39 is 5.92 Å². The first kappa shape index (κ1) is 19.9. The average molecular weight is 425 g/mol. The Bertz CT molecular complexity index is 1310. The summed E-state index contributed by atoms with van der Waals surface area (Å²) in [5.41, 5.74) is 4.10. The van der Waals surface area contributed by atoms with Crippen molar-refractivity contribution in [3.8, 4) is 0 Å². The van der Waals surface area contributed by atoms with Gasteiger partial charge in [-0.05, 0) is 51.9 Å². The number of hydrogen-bond donors (Lipinski definition) is 1. The smallest absolute Gasteiger partial charge is 0.245 e. The first-order chi connectivity index (χ1) is 15.6. The second-order valence-electron chi connectivity index (χ2n) is 7.85. The molecule has 6 heteroatoms. The molecular formula is C26H20FN3O2. The highest BCUT2D eigenvalue weighted by Gasteiger charge is 2.35. The Morgan fingerprint density at radius 3 is 2.25 bits per heavy atom. The molecule has 0 aromatic heterocycles. The molecule has 0 aliphatic carbocycles. The third-order valence-corrected chi connectivity index (χ3v) is 5.82. The van der Waals surface area contributed by atoms with E-state index >= 15 is 0 Å². The first-order valence-corrected chi connectivity index (χ1v) is 10.4. The summed E-state index contributed by atoms with van der Waals surface area (Å²) < 4.78 is 13.2. The minimum absolute atomic E-state index is 0.0932. The van der Waals surface area contributed by atoms with Crippen LogP contribution in [-0.4, -0.2) is 24.6 Å². The van der Waals surface area contributed by atoms with Crippen LogP contribution in [0.1, 0.15) is 12.0 Å². The molecule has 0 saturated carbocycles. The first-order valence-electron chi connectivity index (χ1n) is 10.4. The SMILES string of the molecule is O=C(N/N=C\c1c2ccccc2cc2ccccc12)[C@@H]1CC(=O)N(c2ccc(F)cc2)C1. The van der Waals surface area contributed by atoms with Crippen LogP contribution >= 0.6 is 0 Å². The molecule has 5 rings (SSSR count). The molecule has 0 spiro atoms. The summed E-state index contributed by atoms with van der Waals surface area (Å²) in [6.45, 7) is 0.239. The molecule has 1 fully saturated rings. The number of anilines is 1. The summed E-state index contributed by atoms with van der Waals surface area (Å²) in [6.07, 6.45) is 1.76. The molecule has 1 aliphatic rings. The van der Waals surface area contributed by atoms with Crippen molar-refractivity contribution in [1.82, 2.24) is 5.43 Å². The van der Waals surface area contributed by atoms with Gasteiger partial charge in [0, 0.05) is 24.2 Å². The third kappa shape index (κ3) is 3.71. The molecular weight excluding hydrogens is 405 g/mol. The van der Waals surface area contributed by atoms with Crippen molar-refractivity contribution in [3.05, 3.63) is 90.2 Å². The molecule has 1 aliphatic heterocycles. The van der Waals surface area contributed by atoms with Crippen LogP contribution in [0.5, 0.6) is 0 Å². The van der Waals surface area contributed by atoms with Crippen molar-refractivity contribution in [1.29, 1.82) is 0 Å². The van der Waals surface area contributed by atoms with E-state index in [-0.39, 0.29) is 30.6 Å². The highest BCUT2D eigenvalue weighted by Crippen LogP contribution is 2.28. The van der Waals surface area contributed by atoms with Crippen molar-refractivity contribution in [2.45, 2.75) is 6.42 Å². The topological polar surface area (TPSA) is 61.8 Å². The number of nitrogens with one attached hydrogen (secondary N) is 1. The summed E-state index contributed by atoms with van der Waals surface area (Å²) in [6, 6.07) is 23.9. The van der Waals surface area contributed by atoms with Crippen molar-refractivity contribution >= 4 is 45.3 Å². The van der Waals surface area contributed by atoms with E-state index in [0.29, 0.717) is 5.69 Å². The van der Waals surface area contributed by atoms with Crippen LogP contribution < -0.4 is 10.3 Å². The van der Waals surface area contributed by atoms with Gasteiger partial charge in [0.05, 0.1) is 12.1 Å². The number of hydrogen-bond acceptors (Lipinski definition) is 3. The second-order valence-corrected chi connectivity index (χ2v) is 7.85. The van der Waals surface area contributed by atoms with Gasteiger partial charge in [0.25, 0.3) is 0 Å². The van der Waals surface area contributed by atoms with Crippen molar-refractivity contribution in [2.24, 2.45) is 11.0 Å². The number of rotatable bonds is 4. The maximum atomic E-state index is 13.2. The van der Waals surface area contributed by atoms with Crippen LogP contribution in [0.15, 0.2) is 84.0 Å². The van der Waals surface area contributed by atoms with Crippen molar-refractivity contribution in [3.63, 3.8) is 0 Å². The fourth-order valence-electron chi connectivity index (χ4n) is 4.19. The third-order valence-electron chi connectivity index (χ3n) is 5.82. The van der Waals surface area contributed by atoms with Gasteiger partial charge in [0.2, 0.25) is 11.8 Å². The summed E-state index contributed by atoms with van der Waals surface area (Å²) in [4.78, 5) is 26.6. The zero-order valence-corrected chi connectivity index (χ0v) is 17.2. The molecule has 1 saturated heterocycles. The Balaban J connectivity index is 1.35. The zero-order valence-electron chi connectivity index (χ0n) is 17.2. The molecule has 0 unspecified atom stereocenters. The number of hydrazone groups is 1. The largest absolute Gasteiger partial charge is 0.312 e. The molecule has 4 aromatic rings. The minimum atomic E-state index is -0.519. The Morgan fingerprint density at radius 1 is 0.969 bits per heavy atom. The number of fused-ring (bicyclic) bond motifs is 2. The Hall–Kier alpha value is -4.06. The van der Waals surface area contributed by atoms with E-state index in [2.05, 4.69) is 16.6 Å². The zero-order chi connectivity index (χ0) is 22.1. The van der Waals surface area contributed by atoms with E-state index in [9.17, 15) is 14.0 Å². The van der Waals surface area contributed by atoms with Gasteiger partial charge in [0.15, 0.2) is 0 Å². The van der Waals surface area contributed by atoms with Crippen LogP contribution in [0.25, 0.3) is 21.5 Å². The Morgan fingerprint density at radius 2 is 1.59 bits per heavy atom. The molecule has 4 aromatic carbocycles. The summed E-state index contributed by atoms with van der Waals surface area (Å²) in [7, 11) is 0. The van der Waals surface area contributed by atoms with E-state index in [1.54, 1.807) is 6.21 Å². The molecule has 1 N–H and O–H groups in total. The predicted molar refractivity (Wildman–Crippen MR) is 124 cm³/mol. The van der Waals surface area contributed by atoms with Crippen LogP contribution in [0.2, 0.25) is 0 Å². The summed E-state index contributed by atoms with van der Waals surface area (Å²) >= 11 is 0. The predicted octanol–water partition coefficient (Wildman–Crippen LogP) is 4.64. The Labute approximate surface area is 184 Å². The average Bonchev–Trinajstić information content (AvgIpc) is 3.20. The normalized spacial score (nSPS) is 16.3. The number of carbonyl (C=O) groups is 2. The highest BCUT2D eigenvalue weighted by molar-refractivity contribution is 6.13. The van der Waals surface area contributed by atoms with Crippen LogP contribution in [-0.2, 0) is 9.59 Å². The van der Waals surface area contributed by atoms with E-state index in [1.165, 1.54) is 29.2 Å². The number of halogens is 1. The van der Waals surface area contributed by atoms with Crippen LogP contribution in [0.4, 0.5) is 10.1 Å². The lowest BCUT2D eigenvalue weighted by molar-refractivity contribution is -0.126. The maximum Gasteiger partial charge on any atom is 0.245 e. The number of carbonyl (C=O) groups excluding carboxylic acids is 2. The van der Waals surface area contributed by atoms with Gasteiger partial charge in [-0.15, -0.1) is 0 Å². The quantitative estimate of drug-likeness (QED) is 0.294. The fourth-order valence-corrected chi connectivity index (χ4v) is 4.19. The van der Waals surface area contributed by atoms with E-state index in [0.717, 1.165) is 27.1 Å². The van der Waals surface area contributed by atoms with Gasteiger partial charge in [-0.25, -0.2) is 9.82 Å². The fraction of sp³-hybridized carbons (Fsp3) is 0.115. The van der Waals surface area contributed by atoms with Crippen LogP contribution in [0.3, 0.4) is 0 Å². The standard InChI is InChI=1S/C26H20FN3O2/c27-20-9-11-21(12-10-20)30-16-19(14-25(30)31)26(32)29-28-15-24-22-7-3-1-5-17(22)13-18-6-2-4-8-23(18)24/h1-13,15,19H,14,16H2,(H,29,32)/b28-15-/t19-/m1/s1. The van der Waals surface area contributed by atoms with Gasteiger partial charge in [-0.1, -0.05) is 48.5 Å². The lowest BCUT2D eigenvalue weighted by atomic mass is 9.97. The maximum absolute atomic E-state index is 13.2. The van der Waals surface area contributed by atoms with E-state index in [1.807, 2.05) is 48.5 Å². The van der Waals surface area contributed by atoms with Gasteiger partial charge in [-0.3, -0.25) is 9.59 Å². The van der Waals surface area contributed by atoms with Crippen LogP contribution in [0, 0.1) is 11.7 Å². The van der Waals surface area contributed by atoms with Gasteiger partial charge in [0.1, 0.15) is 5.82 Å². The number of nitrogens with zero attached hydrogens (tertiary/aromatic N) is 2. The molecule has 0 bridgehead atoms. The summed E-state index contributed by atoms with van der Waals surface area (Å²) in [5.74, 6) is -1.37. The van der Waals surface area contributed by atoms with Gasteiger partial charge >= 0.3 is 0 Å². The molecule has 2 amide bonds. The van der Waals surface area contributed by atoms with Gasteiger partial charge in [-0.2, -0.15) is 5.10 Å². The number of benzene rings is 4. The molecule has 1 heterocycles. The Kier molecular flexibility index (Phi) is 5.11. The summed E-state index contributed by atoms with van der Waals surface area (Å²) in [5, 5.41) is 8.49. The number of amides is 2. The van der Waals surface area contributed by atoms with E-state index in [4.69, 9.17) is 0 Å². The van der Waals surface area contributed by atoms with Crippen molar-refractivity contribution < 1.29 is 14.0 Å². The lowest BCUT2D eigenvalue weighted by Gasteiger charge is -2.16. The minimum Gasteiger partial charge on any atom is -0.312 e. The molecule has 0 radical (unpaired) electrons. The molecule has 32 heavy (non-hydrogen) atoms. The highest BCUT2D eigenvalue weighted by atomic mass is 19.1. The second kappa shape index (κ2) is 8.23. The van der Waals surface area contributed by atoms with Crippen molar-refractivity contribution in [2.75, 3.05) is 11.4 Å². The monoisotopic (exact) mass is 425 g/mol. The molecule has 5 nitrogen and oxygen atoms in total. The molecule has 158 valence electrons. The lowest BCUT2D eigenvalue weighted by Crippen LogP contribution is -2.30. The van der Waals surface area contributed by atoms with Gasteiger partial charge < -0.3 is 4.90 Å².